The fourth-order valence-electron chi connectivity index (χ4n) is 4.47. The molecule has 2 aromatic rings. The Morgan fingerprint density at radius 1 is 1.06 bits per heavy atom. The summed E-state index contributed by atoms with van der Waals surface area (Å²) in [5.74, 6) is 0.939. The van der Waals surface area contributed by atoms with Gasteiger partial charge in [-0.3, -0.25) is 9.89 Å². The van der Waals surface area contributed by atoms with Gasteiger partial charge in [0.25, 0.3) is 0 Å². The molecule has 2 saturated heterocycles. The van der Waals surface area contributed by atoms with Crippen LogP contribution in [0, 0.1) is 5.82 Å². The van der Waals surface area contributed by atoms with Crippen molar-refractivity contribution < 1.29 is 14.2 Å². The van der Waals surface area contributed by atoms with Gasteiger partial charge in [0.15, 0.2) is 5.96 Å². The van der Waals surface area contributed by atoms with Crippen molar-refractivity contribution in [2.75, 3.05) is 71.0 Å². The van der Waals surface area contributed by atoms with Crippen molar-refractivity contribution >= 4 is 11.6 Å². The van der Waals surface area contributed by atoms with Gasteiger partial charge in [-0.15, -0.1) is 0 Å². The van der Waals surface area contributed by atoms with Crippen LogP contribution >= 0.6 is 0 Å². The van der Waals surface area contributed by atoms with Gasteiger partial charge in [0.1, 0.15) is 11.6 Å². The van der Waals surface area contributed by atoms with Crippen molar-refractivity contribution in [2.45, 2.75) is 6.04 Å². The Balaban J connectivity index is 1.39. The van der Waals surface area contributed by atoms with Gasteiger partial charge >= 0.3 is 0 Å². The van der Waals surface area contributed by atoms with Gasteiger partial charge in [0.2, 0.25) is 0 Å². The van der Waals surface area contributed by atoms with Crippen LogP contribution in [0.15, 0.2) is 53.5 Å². The largest absolute Gasteiger partial charge is 0.506 e. The minimum absolute atomic E-state index is 0.0360. The van der Waals surface area contributed by atoms with Crippen LogP contribution in [0.25, 0.3) is 0 Å². The van der Waals surface area contributed by atoms with Crippen molar-refractivity contribution in [2.24, 2.45) is 4.99 Å². The minimum atomic E-state index is -0.217. The number of para-hydroxylation sites is 2. The smallest absolute Gasteiger partial charge is 0.193 e. The van der Waals surface area contributed by atoms with Gasteiger partial charge < -0.3 is 25.0 Å². The van der Waals surface area contributed by atoms with Crippen LogP contribution in [-0.2, 0) is 4.74 Å². The fourth-order valence-corrected chi connectivity index (χ4v) is 4.47. The molecule has 0 radical (unpaired) electrons. The quantitative estimate of drug-likeness (QED) is 0.549. The van der Waals surface area contributed by atoms with Gasteiger partial charge in [0.05, 0.1) is 24.9 Å². The Bertz CT molecular complexity index is 911. The highest BCUT2D eigenvalue weighted by molar-refractivity contribution is 5.80. The van der Waals surface area contributed by atoms with Gasteiger partial charge in [-0.05, 0) is 29.8 Å². The molecule has 32 heavy (non-hydrogen) atoms. The Hall–Kier alpha value is -2.84. The molecule has 0 bridgehead atoms. The maximum Gasteiger partial charge on any atom is 0.193 e. The van der Waals surface area contributed by atoms with E-state index in [1.807, 2.05) is 24.3 Å². The number of benzene rings is 2. The molecule has 0 spiro atoms. The third kappa shape index (κ3) is 5.31. The SMILES string of the molecule is CN=C(NCC(c1cccc(F)c1)N1CCOCC1)N1CCN(c2ccccc2O)CC1. The number of piperazine rings is 1. The molecule has 7 nitrogen and oxygen atoms in total. The third-order valence-electron chi connectivity index (χ3n) is 6.19. The highest BCUT2D eigenvalue weighted by atomic mass is 19.1. The molecule has 2 aliphatic heterocycles. The number of halogens is 1. The number of phenolic OH excluding ortho intramolecular Hbond substituents is 1. The first-order chi connectivity index (χ1) is 15.7. The molecule has 8 heteroatoms. The van der Waals surface area contributed by atoms with Crippen LogP contribution < -0.4 is 10.2 Å². The number of aromatic hydroxyl groups is 1. The number of morpholine rings is 1. The van der Waals surface area contributed by atoms with Crippen molar-refractivity contribution in [1.82, 2.24) is 15.1 Å². The summed E-state index contributed by atoms with van der Waals surface area (Å²) in [6.07, 6.45) is 0. The van der Waals surface area contributed by atoms with E-state index in [9.17, 15) is 9.50 Å². The van der Waals surface area contributed by atoms with E-state index in [1.165, 1.54) is 6.07 Å². The zero-order chi connectivity index (χ0) is 22.3. The van der Waals surface area contributed by atoms with Gasteiger partial charge in [-0.25, -0.2) is 4.39 Å². The number of nitrogens with zero attached hydrogens (tertiary/aromatic N) is 4. The molecule has 0 amide bonds. The van der Waals surface area contributed by atoms with Crippen LogP contribution in [0.2, 0.25) is 0 Å². The zero-order valence-electron chi connectivity index (χ0n) is 18.6. The summed E-state index contributed by atoms with van der Waals surface area (Å²) in [4.78, 5) is 11.3. The standard InChI is InChI=1S/C24H32FN5O2/c1-26-24(30-11-9-28(10-12-30)21-7-2-3-8-23(21)31)27-18-22(29-13-15-32-16-14-29)19-5-4-6-20(25)17-19/h2-8,17,22,31H,9-16,18H2,1H3,(H,26,27). The number of nitrogens with one attached hydrogen (secondary N) is 1. The summed E-state index contributed by atoms with van der Waals surface area (Å²) in [6.45, 7) is 6.86. The maximum absolute atomic E-state index is 13.9. The molecule has 2 heterocycles. The molecule has 2 aliphatic rings. The van der Waals surface area contributed by atoms with Gasteiger partial charge in [-0.1, -0.05) is 24.3 Å². The monoisotopic (exact) mass is 441 g/mol. The van der Waals surface area contributed by atoms with Crippen molar-refractivity contribution in [1.29, 1.82) is 0 Å². The number of guanidine groups is 1. The lowest BCUT2D eigenvalue weighted by molar-refractivity contribution is 0.0168. The number of phenols is 1. The molecule has 1 unspecified atom stereocenters. The van der Waals surface area contributed by atoms with Crippen LogP contribution in [-0.4, -0.2) is 86.9 Å². The molecular formula is C24H32FN5O2. The number of ether oxygens (including phenoxy) is 1. The fraction of sp³-hybridized carbons (Fsp3) is 0.458. The van der Waals surface area contributed by atoms with Crippen LogP contribution in [0.1, 0.15) is 11.6 Å². The molecule has 2 fully saturated rings. The van der Waals surface area contributed by atoms with E-state index in [1.54, 1.807) is 25.2 Å². The summed E-state index contributed by atoms with van der Waals surface area (Å²) < 4.78 is 19.5. The molecule has 1 atom stereocenters. The first kappa shape index (κ1) is 22.4. The highest BCUT2D eigenvalue weighted by Crippen LogP contribution is 2.27. The molecule has 2 aromatic carbocycles. The average molecular weight is 442 g/mol. The van der Waals surface area contributed by atoms with E-state index in [0.29, 0.717) is 25.5 Å². The van der Waals surface area contributed by atoms with Gasteiger partial charge in [0, 0.05) is 52.9 Å². The lowest BCUT2D eigenvalue weighted by Gasteiger charge is -2.39. The molecule has 4 rings (SSSR count). The van der Waals surface area contributed by atoms with E-state index in [2.05, 4.69) is 25.0 Å². The minimum Gasteiger partial charge on any atom is -0.506 e. The molecule has 0 saturated carbocycles. The van der Waals surface area contributed by atoms with Crippen LogP contribution in [0.4, 0.5) is 10.1 Å². The number of aliphatic imine (C=N–C) groups is 1. The Morgan fingerprint density at radius 3 is 2.50 bits per heavy atom. The predicted molar refractivity (Wildman–Crippen MR) is 125 cm³/mol. The van der Waals surface area contributed by atoms with Crippen molar-refractivity contribution in [3.63, 3.8) is 0 Å². The number of hydrogen-bond acceptors (Lipinski definition) is 5. The molecule has 2 N–H and O–H groups in total. The topological polar surface area (TPSA) is 63.6 Å². The number of rotatable bonds is 5. The molecule has 172 valence electrons. The number of anilines is 1. The maximum atomic E-state index is 13.9. The van der Waals surface area contributed by atoms with Gasteiger partial charge in [-0.2, -0.15) is 0 Å². The Morgan fingerprint density at radius 2 is 1.81 bits per heavy atom. The Labute approximate surface area is 189 Å². The van der Waals surface area contributed by atoms with E-state index in [4.69, 9.17) is 4.74 Å². The summed E-state index contributed by atoms with van der Waals surface area (Å²) in [5, 5.41) is 13.7. The average Bonchev–Trinajstić information content (AvgIpc) is 2.83. The molecular weight excluding hydrogens is 409 g/mol. The highest BCUT2D eigenvalue weighted by Gasteiger charge is 2.25. The first-order valence-corrected chi connectivity index (χ1v) is 11.2. The second-order valence-corrected chi connectivity index (χ2v) is 8.11. The molecule has 0 aliphatic carbocycles. The first-order valence-electron chi connectivity index (χ1n) is 11.2. The summed E-state index contributed by atoms with van der Waals surface area (Å²) in [6, 6.07) is 14.3. The predicted octanol–water partition coefficient (Wildman–Crippen LogP) is 2.30. The van der Waals surface area contributed by atoms with Crippen LogP contribution in [0.5, 0.6) is 5.75 Å². The van der Waals surface area contributed by atoms with E-state index in [-0.39, 0.29) is 11.9 Å². The zero-order valence-corrected chi connectivity index (χ0v) is 18.6. The van der Waals surface area contributed by atoms with Crippen LogP contribution in [0.3, 0.4) is 0 Å². The normalized spacial score (nSPS) is 19.1. The lowest BCUT2D eigenvalue weighted by Crippen LogP contribution is -2.54. The summed E-state index contributed by atoms with van der Waals surface area (Å²) >= 11 is 0. The summed E-state index contributed by atoms with van der Waals surface area (Å²) in [5.41, 5.74) is 1.83. The lowest BCUT2D eigenvalue weighted by atomic mass is 10.0. The summed E-state index contributed by atoms with van der Waals surface area (Å²) in [7, 11) is 1.80. The Kier molecular flexibility index (Phi) is 7.44. The number of hydrogen-bond donors (Lipinski definition) is 2. The van der Waals surface area contributed by atoms with E-state index in [0.717, 1.165) is 56.5 Å². The second kappa shape index (κ2) is 10.7. The molecule has 0 aromatic heterocycles. The van der Waals surface area contributed by atoms with E-state index < -0.39 is 0 Å². The second-order valence-electron chi connectivity index (χ2n) is 8.11. The third-order valence-corrected chi connectivity index (χ3v) is 6.19. The van der Waals surface area contributed by atoms with Crippen molar-refractivity contribution in [3.05, 3.63) is 59.9 Å². The van der Waals surface area contributed by atoms with Crippen molar-refractivity contribution in [3.8, 4) is 5.75 Å². The van der Waals surface area contributed by atoms with E-state index >= 15 is 0 Å².